The first-order valence-electron chi connectivity index (χ1n) is 13.2. The molecule has 0 unspecified atom stereocenters. The number of rotatable bonds is 14. The lowest BCUT2D eigenvalue weighted by Crippen LogP contribution is -2.25. The molecule has 0 amide bonds. The number of carboxylic acids is 2. The molecule has 0 fully saturated rings. The summed E-state index contributed by atoms with van der Waals surface area (Å²) in [5, 5.41) is 21.0. The topological polar surface area (TPSA) is 111 Å². The van der Waals surface area contributed by atoms with E-state index in [2.05, 4.69) is 37.5 Å². The lowest BCUT2D eigenvalue weighted by atomic mass is 9.88. The lowest BCUT2D eigenvalue weighted by molar-refractivity contribution is 0.0685. The molecular formula is C29H38N2O6. The Bertz CT molecular complexity index is 1320. The molecule has 0 saturated heterocycles. The van der Waals surface area contributed by atoms with Crippen LogP contribution in [-0.2, 0) is 12.8 Å². The molecule has 0 radical (unpaired) electrons. The highest BCUT2D eigenvalue weighted by molar-refractivity contribution is 6.10. The van der Waals surface area contributed by atoms with Crippen LogP contribution in [0.15, 0.2) is 33.5 Å². The molecule has 0 aliphatic rings. The molecule has 0 spiro atoms. The fraction of sp³-hybridized carbons (Fsp3) is 0.483. The maximum atomic E-state index is 12.8. The number of fused-ring (bicyclic) bond motifs is 3. The smallest absolute Gasteiger partial charge is 0.344 e. The van der Waals surface area contributed by atoms with E-state index < -0.39 is 17.6 Å². The maximum Gasteiger partial charge on any atom is 0.344 e. The lowest BCUT2D eigenvalue weighted by Gasteiger charge is -2.21. The fourth-order valence-corrected chi connectivity index (χ4v) is 5.14. The zero-order chi connectivity index (χ0) is 27.1. The van der Waals surface area contributed by atoms with Crippen LogP contribution in [0.3, 0.4) is 0 Å². The average Bonchev–Trinajstić information content (AvgIpc) is 2.89. The van der Waals surface area contributed by atoms with Crippen LogP contribution in [0.4, 0.5) is 0 Å². The Labute approximate surface area is 217 Å². The quantitative estimate of drug-likeness (QED) is 0.233. The number of benzene rings is 2. The first-order chi connectivity index (χ1) is 17.7. The second-order valence-corrected chi connectivity index (χ2v) is 9.28. The summed E-state index contributed by atoms with van der Waals surface area (Å²) in [6.07, 6.45) is 2.83. The van der Waals surface area contributed by atoms with Crippen LogP contribution in [0, 0.1) is 0 Å². The van der Waals surface area contributed by atoms with E-state index in [0.29, 0.717) is 23.6 Å². The van der Waals surface area contributed by atoms with Crippen molar-refractivity contribution >= 4 is 33.7 Å². The molecule has 3 aromatic rings. The van der Waals surface area contributed by atoms with Crippen LogP contribution in [0.5, 0.6) is 0 Å². The van der Waals surface area contributed by atoms with Crippen LogP contribution in [-0.4, -0.2) is 71.2 Å². The summed E-state index contributed by atoms with van der Waals surface area (Å²) in [4.78, 5) is 41.4. The first-order valence-corrected chi connectivity index (χ1v) is 13.2. The summed E-state index contributed by atoms with van der Waals surface area (Å²) in [7, 11) is 0. The summed E-state index contributed by atoms with van der Waals surface area (Å²) < 4.78 is 5.61. The van der Waals surface area contributed by atoms with Gasteiger partial charge in [0.05, 0.1) is 16.5 Å². The van der Waals surface area contributed by atoms with Gasteiger partial charge < -0.3 is 24.4 Å². The Morgan fingerprint density at radius 3 is 1.86 bits per heavy atom. The molecule has 2 N–H and O–H groups in total. The maximum absolute atomic E-state index is 12.8. The van der Waals surface area contributed by atoms with Gasteiger partial charge in [-0.05, 0) is 94.3 Å². The van der Waals surface area contributed by atoms with Gasteiger partial charge in [0.15, 0.2) is 0 Å². The Morgan fingerprint density at radius 2 is 1.35 bits per heavy atom. The predicted octanol–water partition coefficient (Wildman–Crippen LogP) is 4.89. The van der Waals surface area contributed by atoms with Gasteiger partial charge in [0.1, 0.15) is 5.58 Å². The van der Waals surface area contributed by atoms with E-state index in [9.17, 15) is 24.6 Å². The van der Waals surface area contributed by atoms with Crippen molar-refractivity contribution < 1.29 is 24.2 Å². The van der Waals surface area contributed by atoms with Gasteiger partial charge in [0.25, 0.3) is 0 Å². The fourth-order valence-electron chi connectivity index (χ4n) is 5.14. The molecule has 0 atom stereocenters. The van der Waals surface area contributed by atoms with Crippen molar-refractivity contribution in [3.63, 3.8) is 0 Å². The van der Waals surface area contributed by atoms with Gasteiger partial charge in [-0.15, -0.1) is 0 Å². The molecule has 200 valence electrons. The summed E-state index contributed by atoms with van der Waals surface area (Å²) in [6.45, 7) is 13.9. The normalized spacial score (nSPS) is 11.7. The number of hydrogen-bond donors (Lipinski definition) is 2. The number of carbonyl (C=O) groups is 2. The van der Waals surface area contributed by atoms with Crippen molar-refractivity contribution in [2.75, 3.05) is 39.3 Å². The van der Waals surface area contributed by atoms with Gasteiger partial charge >= 0.3 is 17.6 Å². The van der Waals surface area contributed by atoms with E-state index in [0.717, 1.165) is 63.2 Å². The minimum absolute atomic E-state index is 0.00355. The number of aryl methyl sites for hydroxylation is 1. The Balaban J connectivity index is 2.24. The monoisotopic (exact) mass is 510 g/mol. The van der Waals surface area contributed by atoms with E-state index >= 15 is 0 Å². The van der Waals surface area contributed by atoms with Gasteiger partial charge in [-0.3, -0.25) is 0 Å². The molecule has 8 heteroatoms. The molecular weight excluding hydrogens is 472 g/mol. The van der Waals surface area contributed by atoms with Crippen molar-refractivity contribution in [1.82, 2.24) is 9.80 Å². The highest BCUT2D eigenvalue weighted by Gasteiger charge is 2.22. The highest BCUT2D eigenvalue weighted by Crippen LogP contribution is 2.33. The van der Waals surface area contributed by atoms with Gasteiger partial charge in [0, 0.05) is 10.8 Å². The van der Waals surface area contributed by atoms with E-state index in [4.69, 9.17) is 4.42 Å². The molecule has 1 aromatic heterocycles. The minimum Gasteiger partial charge on any atom is -0.478 e. The molecule has 0 aliphatic heterocycles. The molecule has 37 heavy (non-hydrogen) atoms. The third-order valence-corrected chi connectivity index (χ3v) is 7.29. The van der Waals surface area contributed by atoms with Crippen molar-refractivity contribution in [2.45, 2.75) is 53.4 Å². The molecule has 0 bridgehead atoms. The Hall–Kier alpha value is -3.23. The number of aromatic carboxylic acids is 2. The average molecular weight is 511 g/mol. The molecule has 0 saturated carbocycles. The van der Waals surface area contributed by atoms with Crippen LogP contribution < -0.4 is 5.63 Å². The Kier molecular flexibility index (Phi) is 9.83. The van der Waals surface area contributed by atoms with Crippen LogP contribution in [0.1, 0.15) is 72.4 Å². The Morgan fingerprint density at radius 1 is 0.784 bits per heavy atom. The molecule has 2 aromatic carbocycles. The third-order valence-electron chi connectivity index (χ3n) is 7.29. The summed E-state index contributed by atoms with van der Waals surface area (Å²) in [6, 6.07) is 5.93. The zero-order valence-corrected chi connectivity index (χ0v) is 22.3. The number of hydrogen-bond acceptors (Lipinski definition) is 6. The molecule has 8 nitrogen and oxygen atoms in total. The van der Waals surface area contributed by atoms with E-state index in [-0.39, 0.29) is 22.1 Å². The summed E-state index contributed by atoms with van der Waals surface area (Å²) in [5.41, 5.74) is 1.36. The third kappa shape index (κ3) is 6.37. The molecule has 3 rings (SSSR count). The van der Waals surface area contributed by atoms with E-state index in [1.165, 1.54) is 18.2 Å². The second-order valence-electron chi connectivity index (χ2n) is 9.28. The van der Waals surface area contributed by atoms with Crippen molar-refractivity contribution in [1.29, 1.82) is 0 Å². The van der Waals surface area contributed by atoms with Crippen molar-refractivity contribution in [2.24, 2.45) is 0 Å². The summed E-state index contributed by atoms with van der Waals surface area (Å²) in [5.74, 6) is -2.17. The van der Waals surface area contributed by atoms with Gasteiger partial charge in [-0.2, -0.15) is 0 Å². The standard InChI is InChI=1S/C29H38N2O6/c1-5-30(6-2)15-9-11-20-21(12-10-16-31(7-3)8-4)26-22-14-13-19(27(32)33)17-24(22)29(36)37-25(26)18-23(20)28(34)35/h13-14,17-18H,5-12,15-16H2,1-4H3,(H,32,33)(H,34,35). The minimum atomic E-state index is -1.13. The second kappa shape index (κ2) is 12.8. The number of nitrogens with zero attached hydrogens (tertiary/aromatic N) is 2. The van der Waals surface area contributed by atoms with Crippen molar-refractivity contribution in [3.8, 4) is 0 Å². The SMILES string of the molecule is CCN(CC)CCCc1c(C(=O)O)cc2oc(=O)c3cc(C(=O)O)ccc3c2c1CCCN(CC)CC. The molecule has 1 heterocycles. The van der Waals surface area contributed by atoms with Gasteiger partial charge in [0.2, 0.25) is 0 Å². The van der Waals surface area contributed by atoms with Crippen molar-refractivity contribution in [3.05, 3.63) is 56.9 Å². The van der Waals surface area contributed by atoms with E-state index in [1.54, 1.807) is 6.07 Å². The van der Waals surface area contributed by atoms with E-state index in [1.807, 2.05) is 0 Å². The summed E-state index contributed by atoms with van der Waals surface area (Å²) >= 11 is 0. The van der Waals surface area contributed by atoms with Crippen LogP contribution in [0.25, 0.3) is 21.7 Å². The van der Waals surface area contributed by atoms with Crippen LogP contribution in [0.2, 0.25) is 0 Å². The largest absolute Gasteiger partial charge is 0.478 e. The highest BCUT2D eigenvalue weighted by atomic mass is 16.4. The van der Waals surface area contributed by atoms with Gasteiger partial charge in [-0.25, -0.2) is 14.4 Å². The zero-order valence-electron chi connectivity index (χ0n) is 22.3. The predicted molar refractivity (Wildman–Crippen MR) is 146 cm³/mol. The molecule has 0 aliphatic carbocycles. The first kappa shape index (κ1) is 28.3. The van der Waals surface area contributed by atoms with Gasteiger partial charge in [-0.1, -0.05) is 33.8 Å². The number of carboxylic acid groups (broad SMARTS) is 2. The van der Waals surface area contributed by atoms with Crippen LogP contribution >= 0.6 is 0 Å².